The van der Waals surface area contributed by atoms with E-state index in [0.717, 1.165) is 11.1 Å². The van der Waals surface area contributed by atoms with Gasteiger partial charge in [-0.15, -0.1) is 0 Å². The molecule has 1 N–H and O–H groups in total. The van der Waals surface area contributed by atoms with Gasteiger partial charge in [-0.25, -0.2) is 4.79 Å². The molecule has 0 aliphatic rings. The zero-order valence-electron chi connectivity index (χ0n) is 7.07. The van der Waals surface area contributed by atoms with Crippen molar-refractivity contribution in [1.29, 1.82) is 0 Å². The summed E-state index contributed by atoms with van der Waals surface area (Å²) in [5.74, 6) is -0.0543. The van der Waals surface area contributed by atoms with Gasteiger partial charge in [-0.2, -0.15) is 0 Å². The third kappa shape index (κ3) is 1.38. The van der Waals surface area contributed by atoms with Crippen molar-refractivity contribution in [3.63, 3.8) is 0 Å². The van der Waals surface area contributed by atoms with E-state index in [1.54, 1.807) is 0 Å². The van der Waals surface area contributed by atoms with Crippen LogP contribution in [0.5, 0.6) is 0 Å². The molecule has 1 aromatic heterocycles. The van der Waals surface area contributed by atoms with E-state index in [4.69, 9.17) is 0 Å². The molecule has 0 unspecified atom stereocenters. The average Bonchev–Trinajstić information content (AvgIpc) is 2.53. The highest BCUT2D eigenvalue weighted by Gasteiger charge is 2.05. The molecule has 13 heavy (non-hydrogen) atoms. The second-order valence-electron chi connectivity index (χ2n) is 2.76. The Morgan fingerprint density at radius 3 is 2.77 bits per heavy atom. The van der Waals surface area contributed by atoms with Crippen LogP contribution in [0.25, 0.3) is 11.4 Å². The van der Waals surface area contributed by atoms with Crippen molar-refractivity contribution in [2.45, 2.75) is 6.92 Å². The summed E-state index contributed by atoms with van der Waals surface area (Å²) < 4.78 is 4.41. The van der Waals surface area contributed by atoms with Crippen molar-refractivity contribution in [2.24, 2.45) is 0 Å². The van der Waals surface area contributed by atoms with Crippen LogP contribution in [0.1, 0.15) is 5.56 Å². The van der Waals surface area contributed by atoms with Crippen LogP contribution in [0.2, 0.25) is 0 Å². The average molecular weight is 176 g/mol. The van der Waals surface area contributed by atoms with Crippen molar-refractivity contribution in [1.82, 2.24) is 10.1 Å². The third-order valence-corrected chi connectivity index (χ3v) is 1.84. The van der Waals surface area contributed by atoms with E-state index in [-0.39, 0.29) is 0 Å². The lowest BCUT2D eigenvalue weighted by Gasteiger charge is -1.98. The molecule has 0 radical (unpaired) electrons. The van der Waals surface area contributed by atoms with Gasteiger partial charge in [0.1, 0.15) is 0 Å². The maximum Gasteiger partial charge on any atom is 0.439 e. The lowest BCUT2D eigenvalue weighted by atomic mass is 10.1. The molecule has 0 saturated carbocycles. The highest BCUT2D eigenvalue weighted by atomic mass is 16.5. The van der Waals surface area contributed by atoms with E-state index in [0.29, 0.717) is 5.82 Å². The number of H-pyrrole nitrogens is 1. The van der Waals surface area contributed by atoms with Crippen LogP contribution in [0.15, 0.2) is 33.6 Å². The van der Waals surface area contributed by atoms with Gasteiger partial charge >= 0.3 is 5.76 Å². The van der Waals surface area contributed by atoms with Gasteiger partial charge < -0.3 is 0 Å². The first-order valence-electron chi connectivity index (χ1n) is 3.89. The molecule has 0 saturated heterocycles. The van der Waals surface area contributed by atoms with Crippen molar-refractivity contribution >= 4 is 0 Å². The van der Waals surface area contributed by atoms with Gasteiger partial charge in [0.15, 0.2) is 5.82 Å². The Hall–Kier alpha value is -1.84. The lowest BCUT2D eigenvalue weighted by molar-refractivity contribution is 0.388. The molecule has 2 aromatic rings. The molecule has 0 aliphatic heterocycles. The standard InChI is InChI=1S/C9H8N2O2/c1-6-4-2-3-5-7(6)8-10-9(12)13-11-8/h2-5H,1H3,(H,10,11,12). The van der Waals surface area contributed by atoms with Gasteiger partial charge in [0, 0.05) is 5.56 Å². The molecule has 2 rings (SSSR count). The summed E-state index contributed by atoms with van der Waals surface area (Å²) in [6.07, 6.45) is 0. The van der Waals surface area contributed by atoms with Crippen LogP contribution >= 0.6 is 0 Å². The van der Waals surface area contributed by atoms with Gasteiger partial charge in [-0.3, -0.25) is 9.51 Å². The second-order valence-corrected chi connectivity index (χ2v) is 2.76. The van der Waals surface area contributed by atoms with Crippen LogP contribution < -0.4 is 5.76 Å². The largest absolute Gasteiger partial charge is 0.439 e. The van der Waals surface area contributed by atoms with Crippen LogP contribution in [0.3, 0.4) is 0 Å². The van der Waals surface area contributed by atoms with Crippen molar-refractivity contribution in [3.05, 3.63) is 40.4 Å². The summed E-state index contributed by atoms with van der Waals surface area (Å²) in [5.41, 5.74) is 1.93. The van der Waals surface area contributed by atoms with Crippen molar-refractivity contribution < 1.29 is 4.52 Å². The van der Waals surface area contributed by atoms with Gasteiger partial charge in [0.05, 0.1) is 0 Å². The number of aryl methyl sites for hydroxylation is 1. The first-order chi connectivity index (χ1) is 6.27. The SMILES string of the molecule is Cc1ccccc1-c1noc(=O)[nH]1. The van der Waals surface area contributed by atoms with E-state index >= 15 is 0 Å². The van der Waals surface area contributed by atoms with Gasteiger partial charge in [0.25, 0.3) is 0 Å². The summed E-state index contributed by atoms with van der Waals surface area (Å²) in [4.78, 5) is 13.2. The fourth-order valence-corrected chi connectivity index (χ4v) is 1.18. The van der Waals surface area contributed by atoms with E-state index < -0.39 is 5.76 Å². The number of nitrogens with one attached hydrogen (secondary N) is 1. The molecule has 66 valence electrons. The number of hydrogen-bond acceptors (Lipinski definition) is 3. The summed E-state index contributed by atoms with van der Waals surface area (Å²) in [6.45, 7) is 1.95. The molecular weight excluding hydrogens is 168 g/mol. The molecule has 1 heterocycles. The Labute approximate surface area is 74.2 Å². The highest BCUT2D eigenvalue weighted by molar-refractivity contribution is 5.58. The Bertz CT molecular complexity index is 470. The fraction of sp³-hybridized carbons (Fsp3) is 0.111. The predicted octanol–water partition coefficient (Wildman–Crippen LogP) is 1.34. The number of nitrogens with zero attached hydrogens (tertiary/aromatic N) is 1. The summed E-state index contributed by atoms with van der Waals surface area (Å²) >= 11 is 0. The highest BCUT2D eigenvalue weighted by Crippen LogP contribution is 2.17. The molecule has 4 heteroatoms. The number of rotatable bonds is 1. The summed E-state index contributed by atoms with van der Waals surface area (Å²) in [5, 5.41) is 3.60. The van der Waals surface area contributed by atoms with E-state index in [1.165, 1.54) is 0 Å². The second kappa shape index (κ2) is 2.90. The first-order valence-corrected chi connectivity index (χ1v) is 3.89. The molecule has 0 atom stereocenters. The minimum atomic E-state index is -0.529. The Morgan fingerprint density at radius 2 is 2.15 bits per heavy atom. The minimum absolute atomic E-state index is 0.475. The third-order valence-electron chi connectivity index (χ3n) is 1.84. The predicted molar refractivity (Wildman–Crippen MR) is 47.3 cm³/mol. The molecule has 0 fully saturated rings. The maximum absolute atomic E-state index is 10.7. The van der Waals surface area contributed by atoms with Gasteiger partial charge in [0.2, 0.25) is 0 Å². The van der Waals surface area contributed by atoms with E-state index in [9.17, 15) is 4.79 Å². The van der Waals surface area contributed by atoms with Crippen molar-refractivity contribution in [3.8, 4) is 11.4 Å². The van der Waals surface area contributed by atoms with Gasteiger partial charge in [-0.05, 0) is 12.5 Å². The number of hydrogen-bond donors (Lipinski definition) is 1. The van der Waals surface area contributed by atoms with Crippen LogP contribution in [-0.2, 0) is 0 Å². The number of aromatic amines is 1. The van der Waals surface area contributed by atoms with E-state index in [2.05, 4.69) is 14.7 Å². The topological polar surface area (TPSA) is 58.9 Å². The molecule has 0 amide bonds. The zero-order valence-corrected chi connectivity index (χ0v) is 7.07. The maximum atomic E-state index is 10.7. The number of aromatic nitrogens is 2. The molecule has 0 aliphatic carbocycles. The molecule has 0 spiro atoms. The smallest absolute Gasteiger partial charge is 0.296 e. The number of benzene rings is 1. The summed E-state index contributed by atoms with van der Waals surface area (Å²) in [7, 11) is 0. The first kappa shape index (κ1) is 7.79. The summed E-state index contributed by atoms with van der Waals surface area (Å²) in [6, 6.07) is 7.64. The Kier molecular flexibility index (Phi) is 1.73. The molecule has 4 nitrogen and oxygen atoms in total. The fourth-order valence-electron chi connectivity index (χ4n) is 1.18. The quantitative estimate of drug-likeness (QED) is 0.713. The Balaban J connectivity index is 2.58. The Morgan fingerprint density at radius 1 is 1.38 bits per heavy atom. The van der Waals surface area contributed by atoms with Crippen LogP contribution in [-0.4, -0.2) is 10.1 Å². The molecule has 1 aromatic carbocycles. The monoisotopic (exact) mass is 176 g/mol. The van der Waals surface area contributed by atoms with Crippen LogP contribution in [0, 0.1) is 6.92 Å². The molecule has 0 bridgehead atoms. The van der Waals surface area contributed by atoms with E-state index in [1.807, 2.05) is 31.2 Å². The molecular formula is C9H8N2O2. The van der Waals surface area contributed by atoms with Crippen molar-refractivity contribution in [2.75, 3.05) is 0 Å². The zero-order chi connectivity index (χ0) is 9.26. The van der Waals surface area contributed by atoms with Gasteiger partial charge in [-0.1, -0.05) is 29.4 Å². The lowest BCUT2D eigenvalue weighted by Crippen LogP contribution is -1.95. The minimum Gasteiger partial charge on any atom is -0.296 e. The normalized spacial score (nSPS) is 10.2. The van der Waals surface area contributed by atoms with Crippen LogP contribution in [0.4, 0.5) is 0 Å².